The Labute approximate surface area is 163 Å². The number of halogens is 1. The molecule has 0 radical (unpaired) electrons. The number of benzene rings is 2. The van der Waals surface area contributed by atoms with E-state index in [1.165, 1.54) is 0 Å². The van der Waals surface area contributed by atoms with E-state index in [1.54, 1.807) is 5.54 Å². The number of nitrogens with one attached hydrogen (secondary N) is 2. The van der Waals surface area contributed by atoms with Crippen molar-refractivity contribution in [3.63, 3.8) is 0 Å². The van der Waals surface area contributed by atoms with Crippen LogP contribution in [0.25, 0.3) is 11.1 Å². The smallest absolute Gasteiger partial charge is 0.407 e. The monoisotopic (exact) mass is 385 g/mol. The van der Waals surface area contributed by atoms with Gasteiger partial charge in [0.15, 0.2) is 0 Å². The minimum absolute atomic E-state index is 0.0548. The van der Waals surface area contributed by atoms with Crippen molar-refractivity contribution in [3.05, 3.63) is 59.7 Å². The summed E-state index contributed by atoms with van der Waals surface area (Å²) in [5.41, 5.74) is 11.4. The van der Waals surface area contributed by atoms with Crippen LogP contribution in [0.1, 0.15) is 36.3 Å². The van der Waals surface area contributed by atoms with Crippen LogP contribution in [0.3, 0.4) is 0 Å². The molecule has 2 aromatic carbocycles. The molecule has 0 heterocycles. The van der Waals surface area contributed by atoms with Gasteiger partial charge in [0.05, 0.1) is 0 Å². The molecule has 0 unspecified atom stereocenters. The van der Waals surface area contributed by atoms with Gasteiger partial charge in [0.1, 0.15) is 12.6 Å². The summed E-state index contributed by atoms with van der Waals surface area (Å²) in [6.45, 7) is 0.355. The van der Waals surface area contributed by atoms with E-state index in [4.69, 9.17) is 10.5 Å². The van der Waals surface area contributed by atoms with Gasteiger partial charge in [-0.1, -0.05) is 48.5 Å². The van der Waals surface area contributed by atoms with Crippen molar-refractivity contribution in [2.24, 2.45) is 5.73 Å². The van der Waals surface area contributed by atoms with Crippen molar-refractivity contribution in [3.8, 4) is 11.1 Å². The second kappa shape index (κ2) is 9.32. The molecule has 2 aromatic rings. The predicted molar refractivity (Wildman–Crippen MR) is 104 cm³/mol. The molecule has 3 rings (SSSR count). The molecule has 0 saturated heterocycles. The molecule has 0 aliphatic heterocycles. The van der Waals surface area contributed by atoms with Gasteiger partial charge in [-0.3, -0.25) is 4.79 Å². The third-order valence-corrected chi connectivity index (χ3v) is 4.99. The summed E-state index contributed by atoms with van der Waals surface area (Å²) < 4.78 is 17.3. The normalized spacial score (nSPS) is 13.5. The second-order valence-electron chi connectivity index (χ2n) is 6.80. The van der Waals surface area contributed by atoms with Crippen molar-refractivity contribution >= 4 is 12.0 Å². The highest BCUT2D eigenvalue weighted by Gasteiger charge is 2.29. The number of amides is 2. The van der Waals surface area contributed by atoms with Gasteiger partial charge in [-0.15, -0.1) is 4.48 Å². The summed E-state index contributed by atoms with van der Waals surface area (Å²) in [6, 6.07) is 15.3. The molecule has 1 aliphatic carbocycles. The van der Waals surface area contributed by atoms with E-state index in [2.05, 4.69) is 17.4 Å². The first-order valence-electron chi connectivity index (χ1n) is 9.36. The van der Waals surface area contributed by atoms with Crippen molar-refractivity contribution in [2.75, 3.05) is 13.2 Å². The van der Waals surface area contributed by atoms with Crippen molar-refractivity contribution < 1.29 is 18.8 Å². The van der Waals surface area contributed by atoms with Crippen molar-refractivity contribution in [2.45, 2.75) is 31.2 Å². The van der Waals surface area contributed by atoms with Gasteiger partial charge in [0.2, 0.25) is 5.91 Å². The zero-order valence-corrected chi connectivity index (χ0v) is 15.5. The zero-order chi connectivity index (χ0) is 19.9. The van der Waals surface area contributed by atoms with Crippen LogP contribution in [0.5, 0.6) is 0 Å². The zero-order valence-electron chi connectivity index (χ0n) is 15.5. The van der Waals surface area contributed by atoms with Gasteiger partial charge < -0.3 is 15.8 Å². The summed E-state index contributed by atoms with van der Waals surface area (Å²) in [7, 11) is 0. The van der Waals surface area contributed by atoms with Gasteiger partial charge in [-0.05, 0) is 41.5 Å². The third-order valence-electron chi connectivity index (χ3n) is 4.99. The van der Waals surface area contributed by atoms with Crippen molar-refractivity contribution in [1.82, 2.24) is 10.9 Å². The molecule has 0 saturated carbocycles. The Morgan fingerprint density at radius 1 is 1.04 bits per heavy atom. The SMILES string of the molecule is NC(=O)[C@H](CCCCNF)NC(=O)OCC1c2ccccc2-c2ccccc21. The fourth-order valence-electron chi connectivity index (χ4n) is 3.61. The van der Waals surface area contributed by atoms with Crippen LogP contribution in [-0.2, 0) is 9.53 Å². The number of ether oxygens (including phenoxy) is 1. The van der Waals surface area contributed by atoms with E-state index in [0.29, 0.717) is 19.3 Å². The topological polar surface area (TPSA) is 93.5 Å². The Bertz CT molecular complexity index is 798. The van der Waals surface area contributed by atoms with E-state index in [1.807, 2.05) is 36.4 Å². The lowest BCUT2D eigenvalue weighted by molar-refractivity contribution is -0.120. The Kier molecular flexibility index (Phi) is 6.60. The van der Waals surface area contributed by atoms with Crippen LogP contribution in [-0.4, -0.2) is 31.2 Å². The van der Waals surface area contributed by atoms with Gasteiger partial charge in [0, 0.05) is 12.5 Å². The van der Waals surface area contributed by atoms with Crippen LogP contribution >= 0.6 is 0 Å². The average molecular weight is 385 g/mol. The maximum Gasteiger partial charge on any atom is 0.407 e. The number of alkyl carbamates (subject to hydrolysis) is 1. The fourth-order valence-corrected chi connectivity index (χ4v) is 3.61. The molecule has 1 atom stereocenters. The fraction of sp³-hybridized carbons (Fsp3) is 0.333. The lowest BCUT2D eigenvalue weighted by Gasteiger charge is -2.18. The number of unbranched alkanes of at least 4 members (excludes halogenated alkanes) is 1. The highest BCUT2D eigenvalue weighted by molar-refractivity contribution is 5.84. The van der Waals surface area contributed by atoms with Crippen LogP contribution in [0.2, 0.25) is 0 Å². The van der Waals surface area contributed by atoms with E-state index in [-0.39, 0.29) is 19.1 Å². The first-order chi connectivity index (χ1) is 13.6. The largest absolute Gasteiger partial charge is 0.449 e. The highest BCUT2D eigenvalue weighted by Crippen LogP contribution is 2.44. The summed E-state index contributed by atoms with van der Waals surface area (Å²) in [5.74, 6) is -0.692. The molecule has 7 heteroatoms. The summed E-state index contributed by atoms with van der Waals surface area (Å²) in [5, 5.41) is 2.52. The molecular formula is C21H24FN3O3. The first kappa shape index (κ1) is 19.8. The Morgan fingerprint density at radius 2 is 1.64 bits per heavy atom. The van der Waals surface area contributed by atoms with Crippen LogP contribution in [0.15, 0.2) is 48.5 Å². The van der Waals surface area contributed by atoms with Crippen molar-refractivity contribution in [1.29, 1.82) is 0 Å². The summed E-state index contributed by atoms with van der Waals surface area (Å²) >= 11 is 0. The molecule has 28 heavy (non-hydrogen) atoms. The molecule has 0 spiro atoms. The molecule has 2 amide bonds. The van der Waals surface area contributed by atoms with Gasteiger partial charge in [-0.2, -0.15) is 5.54 Å². The number of nitrogens with two attached hydrogens (primary N) is 1. The molecule has 6 nitrogen and oxygen atoms in total. The van der Waals surface area contributed by atoms with Crippen LogP contribution in [0.4, 0.5) is 9.28 Å². The molecule has 148 valence electrons. The molecule has 4 N–H and O–H groups in total. The predicted octanol–water partition coefficient (Wildman–Crippen LogP) is 3.02. The molecular weight excluding hydrogens is 361 g/mol. The Hall–Kier alpha value is -2.93. The van der Waals surface area contributed by atoms with Crippen LogP contribution in [0, 0.1) is 0 Å². The Balaban J connectivity index is 1.60. The quantitative estimate of drug-likeness (QED) is 0.457. The molecule has 0 bridgehead atoms. The highest BCUT2D eigenvalue weighted by atomic mass is 19.2. The minimum Gasteiger partial charge on any atom is -0.449 e. The number of hydrogen-bond donors (Lipinski definition) is 3. The lowest BCUT2D eigenvalue weighted by Crippen LogP contribution is -2.44. The first-order valence-corrected chi connectivity index (χ1v) is 9.36. The minimum atomic E-state index is -0.838. The lowest BCUT2D eigenvalue weighted by atomic mass is 9.98. The summed E-state index contributed by atoms with van der Waals surface area (Å²) in [4.78, 5) is 23.8. The summed E-state index contributed by atoms with van der Waals surface area (Å²) in [6.07, 6.45) is 0.733. The van der Waals surface area contributed by atoms with Crippen LogP contribution < -0.4 is 16.6 Å². The van der Waals surface area contributed by atoms with E-state index in [9.17, 15) is 14.1 Å². The number of carbonyl (C=O) groups is 2. The average Bonchev–Trinajstić information content (AvgIpc) is 3.02. The third kappa shape index (κ3) is 4.48. The second-order valence-corrected chi connectivity index (χ2v) is 6.80. The number of rotatable bonds is 9. The van der Waals surface area contributed by atoms with Gasteiger partial charge in [0.25, 0.3) is 0 Å². The molecule has 0 fully saturated rings. The van der Waals surface area contributed by atoms with E-state index in [0.717, 1.165) is 22.3 Å². The van der Waals surface area contributed by atoms with E-state index < -0.39 is 18.0 Å². The molecule has 1 aliphatic rings. The number of primary amides is 1. The number of hydrogen-bond acceptors (Lipinski definition) is 4. The standard InChI is InChI=1S/C21H24FN3O3/c22-24-12-6-5-11-19(20(23)26)25-21(27)28-13-18-16-9-3-1-7-14(16)15-8-2-4-10-17(15)18/h1-4,7-10,18-19,24H,5-6,11-13H2,(H2,23,26)(H,25,27)/t19-/m0/s1. The van der Waals surface area contributed by atoms with Gasteiger partial charge in [-0.25, -0.2) is 4.79 Å². The number of carbonyl (C=O) groups excluding carboxylic acids is 2. The maximum atomic E-state index is 12.2. The van der Waals surface area contributed by atoms with Gasteiger partial charge >= 0.3 is 6.09 Å². The Morgan fingerprint density at radius 3 is 2.21 bits per heavy atom. The maximum absolute atomic E-state index is 12.2. The van der Waals surface area contributed by atoms with E-state index >= 15 is 0 Å². The number of fused-ring (bicyclic) bond motifs is 3. The molecule has 0 aromatic heterocycles.